The van der Waals surface area contributed by atoms with Gasteiger partial charge < -0.3 is 20.5 Å². The molecule has 9 heteroatoms. The van der Waals surface area contributed by atoms with E-state index < -0.39 is 0 Å². The molecule has 2 rings (SSSR count). The lowest BCUT2D eigenvalue weighted by Crippen LogP contribution is -2.29. The van der Waals surface area contributed by atoms with Gasteiger partial charge in [-0.05, 0) is 19.1 Å². The van der Waals surface area contributed by atoms with Crippen molar-refractivity contribution >= 4 is 34.9 Å². The lowest BCUT2D eigenvalue weighted by atomic mass is 10.3. The second kappa shape index (κ2) is 10.0. The number of hydrogen-bond donors (Lipinski definition) is 2. The summed E-state index contributed by atoms with van der Waals surface area (Å²) in [4.78, 5) is 28.1. The molecule has 0 aliphatic heterocycles. The summed E-state index contributed by atoms with van der Waals surface area (Å²) < 4.78 is 11.5. The van der Waals surface area contributed by atoms with Gasteiger partial charge in [0.2, 0.25) is 11.8 Å². The van der Waals surface area contributed by atoms with E-state index in [1.54, 1.807) is 7.11 Å². The van der Waals surface area contributed by atoms with E-state index in [4.69, 9.17) is 15.2 Å². The normalized spacial score (nSPS) is 10.4. The molecule has 26 heavy (non-hydrogen) atoms. The van der Waals surface area contributed by atoms with E-state index in [2.05, 4.69) is 10.3 Å². The van der Waals surface area contributed by atoms with Crippen molar-refractivity contribution in [3.05, 3.63) is 34.8 Å². The summed E-state index contributed by atoms with van der Waals surface area (Å²) in [6.45, 7) is 2.56. The highest BCUT2D eigenvalue weighted by Crippen LogP contribution is 2.27. The standard InChI is InChI=1S/C17H21N3O4S2/c1-11-14(9-15(18)21)26-17(20-11)25-10-16(22)19-7-8-24-13-6-4-3-5-12(13)23-2/h3-6H,7-10H2,1-2H3,(H2,18,21)(H,19,22). The van der Waals surface area contributed by atoms with E-state index in [1.807, 2.05) is 31.2 Å². The molecule has 1 heterocycles. The number of aromatic nitrogens is 1. The van der Waals surface area contributed by atoms with Crippen molar-refractivity contribution in [1.29, 1.82) is 0 Å². The Labute approximate surface area is 160 Å². The third-order valence-corrected chi connectivity index (χ3v) is 5.59. The van der Waals surface area contributed by atoms with E-state index in [0.717, 1.165) is 14.9 Å². The van der Waals surface area contributed by atoms with Gasteiger partial charge in [-0.15, -0.1) is 11.3 Å². The number of nitrogens with zero attached hydrogens (tertiary/aromatic N) is 1. The Kier molecular flexibility index (Phi) is 7.73. The van der Waals surface area contributed by atoms with E-state index in [9.17, 15) is 9.59 Å². The fraction of sp³-hybridized carbons (Fsp3) is 0.353. The molecule has 140 valence electrons. The van der Waals surface area contributed by atoms with Gasteiger partial charge in [0.25, 0.3) is 0 Å². The maximum absolute atomic E-state index is 11.9. The maximum atomic E-state index is 11.9. The number of methoxy groups -OCH3 is 1. The van der Waals surface area contributed by atoms with Crippen molar-refractivity contribution in [2.75, 3.05) is 26.0 Å². The van der Waals surface area contributed by atoms with Gasteiger partial charge in [0, 0.05) is 4.88 Å². The molecule has 0 saturated carbocycles. The molecule has 0 aliphatic rings. The summed E-state index contributed by atoms with van der Waals surface area (Å²) in [6.07, 6.45) is 0.177. The van der Waals surface area contributed by atoms with Gasteiger partial charge >= 0.3 is 0 Å². The molecule has 0 aliphatic carbocycles. The fourth-order valence-electron chi connectivity index (χ4n) is 2.05. The number of thiazole rings is 1. The second-order valence-corrected chi connectivity index (χ2v) is 7.58. The number of nitrogens with one attached hydrogen (secondary N) is 1. The molecule has 0 radical (unpaired) electrons. The number of nitrogens with two attached hydrogens (primary N) is 1. The van der Waals surface area contributed by atoms with Crippen LogP contribution in [0.3, 0.4) is 0 Å². The van der Waals surface area contributed by atoms with Crippen molar-refractivity contribution in [3.63, 3.8) is 0 Å². The van der Waals surface area contributed by atoms with Gasteiger partial charge in [-0.1, -0.05) is 23.9 Å². The van der Waals surface area contributed by atoms with Crippen LogP contribution in [0.15, 0.2) is 28.6 Å². The number of carbonyl (C=O) groups excluding carboxylic acids is 2. The van der Waals surface area contributed by atoms with Gasteiger partial charge in [0.05, 0.1) is 31.5 Å². The third kappa shape index (κ3) is 6.23. The third-order valence-electron chi connectivity index (χ3n) is 3.29. The number of amides is 2. The number of benzene rings is 1. The van der Waals surface area contributed by atoms with Gasteiger partial charge in [-0.25, -0.2) is 4.98 Å². The van der Waals surface area contributed by atoms with Crippen LogP contribution >= 0.6 is 23.1 Å². The van der Waals surface area contributed by atoms with Crippen LogP contribution in [0.2, 0.25) is 0 Å². The fourth-order valence-corrected chi connectivity index (χ4v) is 4.13. The first-order chi connectivity index (χ1) is 12.5. The molecule has 3 N–H and O–H groups in total. The van der Waals surface area contributed by atoms with E-state index in [1.165, 1.54) is 23.1 Å². The molecule has 1 aromatic carbocycles. The van der Waals surface area contributed by atoms with E-state index in [0.29, 0.717) is 24.7 Å². The predicted molar refractivity (Wildman–Crippen MR) is 102 cm³/mol. The average Bonchev–Trinajstić information content (AvgIpc) is 2.96. The van der Waals surface area contributed by atoms with E-state index >= 15 is 0 Å². The predicted octanol–water partition coefficient (Wildman–Crippen LogP) is 1.78. The maximum Gasteiger partial charge on any atom is 0.230 e. The number of ether oxygens (including phenoxy) is 2. The monoisotopic (exact) mass is 395 g/mol. The van der Waals surface area contributed by atoms with Crippen LogP contribution < -0.4 is 20.5 Å². The van der Waals surface area contributed by atoms with Gasteiger partial charge in [0.1, 0.15) is 6.61 Å². The number of hydrogen-bond acceptors (Lipinski definition) is 7. The molecule has 0 saturated heterocycles. The average molecular weight is 396 g/mol. The van der Waals surface area contributed by atoms with Crippen molar-refractivity contribution in [1.82, 2.24) is 10.3 Å². The van der Waals surface area contributed by atoms with Crippen LogP contribution in [0.25, 0.3) is 0 Å². The molecule has 0 unspecified atom stereocenters. The Morgan fingerprint density at radius 2 is 2.04 bits per heavy atom. The zero-order valence-electron chi connectivity index (χ0n) is 14.6. The number of thioether (sulfide) groups is 1. The summed E-state index contributed by atoms with van der Waals surface area (Å²) in [5.74, 6) is 1.04. The first kappa shape index (κ1) is 20.1. The quantitative estimate of drug-likeness (QED) is 0.469. The topological polar surface area (TPSA) is 104 Å². The zero-order chi connectivity index (χ0) is 18.9. The smallest absolute Gasteiger partial charge is 0.230 e. The first-order valence-corrected chi connectivity index (χ1v) is 9.69. The Hall–Kier alpha value is -2.26. The molecule has 2 aromatic rings. The number of primary amides is 1. The molecule has 7 nitrogen and oxygen atoms in total. The van der Waals surface area contributed by atoms with Crippen LogP contribution in [0.1, 0.15) is 10.6 Å². The second-order valence-electron chi connectivity index (χ2n) is 5.27. The number of rotatable bonds is 10. The first-order valence-electron chi connectivity index (χ1n) is 7.89. The molecule has 1 aromatic heterocycles. The Morgan fingerprint density at radius 3 is 2.73 bits per heavy atom. The number of para-hydroxylation sites is 2. The molecule has 0 bridgehead atoms. The highest BCUT2D eigenvalue weighted by atomic mass is 32.2. The minimum Gasteiger partial charge on any atom is -0.493 e. The van der Waals surface area contributed by atoms with Crippen LogP contribution in [-0.4, -0.2) is 42.8 Å². The van der Waals surface area contributed by atoms with Crippen molar-refractivity contribution in [3.8, 4) is 11.5 Å². The van der Waals surface area contributed by atoms with Crippen molar-refractivity contribution in [2.45, 2.75) is 17.7 Å². The van der Waals surface area contributed by atoms with Crippen LogP contribution in [0.4, 0.5) is 0 Å². The highest BCUT2D eigenvalue weighted by Gasteiger charge is 2.12. The van der Waals surface area contributed by atoms with Crippen molar-refractivity contribution in [2.24, 2.45) is 5.73 Å². The van der Waals surface area contributed by atoms with Crippen LogP contribution in [0, 0.1) is 6.92 Å². The summed E-state index contributed by atoms with van der Waals surface area (Å²) in [5, 5.41) is 2.79. The summed E-state index contributed by atoms with van der Waals surface area (Å²) in [6, 6.07) is 7.34. The number of aryl methyl sites for hydroxylation is 1. The zero-order valence-corrected chi connectivity index (χ0v) is 16.2. The molecular formula is C17H21N3O4S2. The molecule has 0 spiro atoms. The van der Waals surface area contributed by atoms with Crippen molar-refractivity contribution < 1.29 is 19.1 Å². The minimum absolute atomic E-state index is 0.108. The lowest BCUT2D eigenvalue weighted by molar-refractivity contribution is -0.119. The van der Waals surface area contributed by atoms with Crippen LogP contribution in [0.5, 0.6) is 11.5 Å². The van der Waals surface area contributed by atoms with Crippen LogP contribution in [-0.2, 0) is 16.0 Å². The minimum atomic E-state index is -0.388. The summed E-state index contributed by atoms with van der Waals surface area (Å²) in [5.41, 5.74) is 5.98. The molecular weight excluding hydrogens is 374 g/mol. The largest absolute Gasteiger partial charge is 0.493 e. The van der Waals surface area contributed by atoms with Gasteiger partial charge in [0.15, 0.2) is 15.8 Å². The van der Waals surface area contributed by atoms with E-state index in [-0.39, 0.29) is 24.0 Å². The Bertz CT molecular complexity index is 764. The summed E-state index contributed by atoms with van der Waals surface area (Å²) >= 11 is 2.73. The molecule has 2 amide bonds. The summed E-state index contributed by atoms with van der Waals surface area (Å²) in [7, 11) is 1.58. The van der Waals surface area contributed by atoms with Gasteiger partial charge in [-0.3, -0.25) is 9.59 Å². The Morgan fingerprint density at radius 1 is 1.31 bits per heavy atom. The highest BCUT2D eigenvalue weighted by molar-refractivity contribution is 8.01. The number of carbonyl (C=O) groups is 2. The molecule has 0 fully saturated rings. The Balaban J connectivity index is 1.70. The molecule has 0 atom stereocenters. The SMILES string of the molecule is COc1ccccc1OCCNC(=O)CSc1nc(C)c(CC(N)=O)s1. The van der Waals surface area contributed by atoms with Gasteiger partial charge in [-0.2, -0.15) is 0 Å². The lowest BCUT2D eigenvalue weighted by Gasteiger charge is -2.10.